The van der Waals surface area contributed by atoms with E-state index in [2.05, 4.69) is 5.32 Å². The number of carbonyl (C=O) groups is 1. The lowest BCUT2D eigenvalue weighted by Crippen LogP contribution is -2.14. The number of aliphatic hydroxyl groups is 1. The average molecular weight is 373 g/mol. The molecule has 0 unspecified atom stereocenters. The van der Waals surface area contributed by atoms with Crippen LogP contribution >= 0.6 is 11.6 Å². The lowest BCUT2D eigenvalue weighted by atomic mass is 10.1. The molecule has 0 aliphatic carbocycles. The smallest absolute Gasteiger partial charge is 0.282 e. The predicted molar refractivity (Wildman–Crippen MR) is 96.1 cm³/mol. The Bertz CT molecular complexity index is 983. The Balaban J connectivity index is 1.91. The van der Waals surface area contributed by atoms with Crippen molar-refractivity contribution < 1.29 is 19.2 Å². The number of anilines is 1. The van der Waals surface area contributed by atoms with Gasteiger partial charge in [-0.1, -0.05) is 23.7 Å². The minimum atomic E-state index is -0.646. The summed E-state index contributed by atoms with van der Waals surface area (Å²) in [6.45, 7) is -0.227. The Morgan fingerprint density at radius 3 is 2.65 bits per heavy atom. The van der Waals surface area contributed by atoms with Crippen LogP contribution < -0.4 is 5.32 Å². The number of hydrogen-bond acceptors (Lipinski definition) is 5. The summed E-state index contributed by atoms with van der Waals surface area (Å²) in [5.74, 6) is 0.249. The molecule has 2 aromatic carbocycles. The largest absolute Gasteiger partial charge is 0.459 e. The Hall–Kier alpha value is -3.16. The van der Waals surface area contributed by atoms with Crippen LogP contribution in [0.3, 0.4) is 0 Å². The van der Waals surface area contributed by atoms with Crippen LogP contribution in [0.15, 0.2) is 59.0 Å². The number of hydrogen-bond donors (Lipinski definition) is 2. The van der Waals surface area contributed by atoms with E-state index < -0.39 is 10.8 Å². The van der Waals surface area contributed by atoms with Gasteiger partial charge in [-0.15, -0.1) is 0 Å². The lowest BCUT2D eigenvalue weighted by molar-refractivity contribution is -0.385. The van der Waals surface area contributed by atoms with Gasteiger partial charge in [0.05, 0.1) is 15.6 Å². The maximum Gasteiger partial charge on any atom is 0.282 e. The second-order valence-corrected chi connectivity index (χ2v) is 5.75. The Morgan fingerprint density at radius 1 is 1.19 bits per heavy atom. The molecule has 0 atom stereocenters. The Kier molecular flexibility index (Phi) is 5.01. The molecule has 2 N–H and O–H groups in total. The summed E-state index contributed by atoms with van der Waals surface area (Å²) in [6, 6.07) is 13.8. The zero-order chi connectivity index (χ0) is 18.7. The second kappa shape index (κ2) is 7.38. The fourth-order valence-corrected chi connectivity index (χ4v) is 2.57. The number of nitro groups is 1. The Morgan fingerprint density at radius 2 is 1.96 bits per heavy atom. The molecule has 132 valence electrons. The van der Waals surface area contributed by atoms with Gasteiger partial charge in [-0.2, -0.15) is 0 Å². The van der Waals surface area contributed by atoms with Crippen molar-refractivity contribution in [2.45, 2.75) is 6.61 Å². The van der Waals surface area contributed by atoms with Gasteiger partial charge >= 0.3 is 0 Å². The number of carbonyl (C=O) groups excluding carboxylic acids is 1. The van der Waals surface area contributed by atoms with Crippen molar-refractivity contribution >= 4 is 28.9 Å². The minimum Gasteiger partial charge on any atom is -0.459 e. The molecule has 0 saturated carbocycles. The maximum atomic E-state index is 12.5. The molecule has 0 fully saturated rings. The van der Waals surface area contributed by atoms with Crippen LogP contribution in [0.2, 0.25) is 5.02 Å². The van der Waals surface area contributed by atoms with E-state index >= 15 is 0 Å². The highest BCUT2D eigenvalue weighted by molar-refractivity contribution is 6.34. The first-order valence-electron chi connectivity index (χ1n) is 7.54. The van der Waals surface area contributed by atoms with Crippen molar-refractivity contribution in [1.29, 1.82) is 0 Å². The van der Waals surface area contributed by atoms with Gasteiger partial charge in [0, 0.05) is 11.6 Å². The highest BCUT2D eigenvalue weighted by Crippen LogP contribution is 2.31. The van der Waals surface area contributed by atoms with Gasteiger partial charge < -0.3 is 14.8 Å². The molecular formula is C18H13ClN2O5. The lowest BCUT2D eigenvalue weighted by Gasteiger charge is -2.09. The van der Waals surface area contributed by atoms with Crippen LogP contribution in [0, 0.1) is 10.1 Å². The van der Waals surface area contributed by atoms with Gasteiger partial charge in [0.15, 0.2) is 0 Å². The average Bonchev–Trinajstić information content (AvgIpc) is 3.12. The summed E-state index contributed by atoms with van der Waals surface area (Å²) >= 11 is 6.13. The van der Waals surface area contributed by atoms with Gasteiger partial charge in [-0.25, -0.2) is 0 Å². The van der Waals surface area contributed by atoms with E-state index in [9.17, 15) is 14.9 Å². The van der Waals surface area contributed by atoms with E-state index in [0.29, 0.717) is 17.1 Å². The molecule has 3 aromatic rings. The normalized spacial score (nSPS) is 10.5. The van der Waals surface area contributed by atoms with E-state index in [1.54, 1.807) is 36.4 Å². The summed E-state index contributed by atoms with van der Waals surface area (Å²) in [4.78, 5) is 22.9. The molecule has 1 heterocycles. The number of rotatable bonds is 5. The van der Waals surface area contributed by atoms with Crippen LogP contribution in [0.4, 0.5) is 11.4 Å². The third-order valence-electron chi connectivity index (χ3n) is 3.66. The minimum absolute atomic E-state index is 0.0699. The van der Waals surface area contributed by atoms with Crippen LogP contribution in [0.5, 0.6) is 0 Å². The molecule has 8 heteroatoms. The molecular weight excluding hydrogens is 360 g/mol. The van der Waals surface area contributed by atoms with Crippen molar-refractivity contribution in [3.05, 3.63) is 81.1 Å². The third-order valence-corrected chi connectivity index (χ3v) is 3.99. The molecule has 7 nitrogen and oxygen atoms in total. The molecule has 0 aliphatic heterocycles. The van der Waals surface area contributed by atoms with Crippen molar-refractivity contribution in [2.24, 2.45) is 0 Å². The monoisotopic (exact) mass is 372 g/mol. The highest BCUT2D eigenvalue weighted by atomic mass is 35.5. The summed E-state index contributed by atoms with van der Waals surface area (Å²) in [7, 11) is 0. The van der Waals surface area contributed by atoms with Crippen LogP contribution in [0.1, 0.15) is 16.1 Å². The maximum absolute atomic E-state index is 12.5. The Labute approximate surface area is 153 Å². The van der Waals surface area contributed by atoms with Gasteiger partial charge in [0.25, 0.3) is 11.6 Å². The highest BCUT2D eigenvalue weighted by Gasteiger charge is 2.20. The first-order valence-corrected chi connectivity index (χ1v) is 7.91. The van der Waals surface area contributed by atoms with E-state index in [1.807, 2.05) is 0 Å². The number of nitrogens with zero attached hydrogens (tertiary/aromatic N) is 1. The second-order valence-electron chi connectivity index (χ2n) is 5.35. The van der Waals surface area contributed by atoms with Gasteiger partial charge in [-0.3, -0.25) is 14.9 Å². The number of nitrogens with one attached hydrogen (secondary N) is 1. The van der Waals surface area contributed by atoms with E-state index in [1.165, 1.54) is 18.2 Å². The van der Waals surface area contributed by atoms with Crippen molar-refractivity contribution in [3.63, 3.8) is 0 Å². The molecule has 0 spiro atoms. The zero-order valence-corrected chi connectivity index (χ0v) is 14.1. The predicted octanol–water partition coefficient (Wildman–Crippen LogP) is 4.25. The van der Waals surface area contributed by atoms with Gasteiger partial charge in [0.2, 0.25) is 0 Å². The number of amides is 1. The first kappa shape index (κ1) is 17.7. The topological polar surface area (TPSA) is 106 Å². The molecule has 0 bridgehead atoms. The summed E-state index contributed by atoms with van der Waals surface area (Å²) in [5.41, 5.74) is 0.552. The number of para-hydroxylation sites is 1. The number of benzene rings is 2. The number of halogens is 1. The number of furan rings is 1. The van der Waals surface area contributed by atoms with E-state index in [-0.39, 0.29) is 28.6 Å². The standard InChI is InChI=1S/C18H13ClN2O5/c19-14-7-5-11(17-8-6-12(10-22)26-17)9-15(14)20-18(23)13-3-1-2-4-16(13)21(24)25/h1-9,22H,10H2,(H,20,23). The summed E-state index contributed by atoms with van der Waals surface area (Å²) in [6.07, 6.45) is 0. The first-order chi connectivity index (χ1) is 12.5. The van der Waals surface area contributed by atoms with E-state index in [0.717, 1.165) is 0 Å². The third kappa shape index (κ3) is 3.58. The fraction of sp³-hybridized carbons (Fsp3) is 0.0556. The van der Waals surface area contributed by atoms with E-state index in [4.69, 9.17) is 21.1 Å². The number of nitro benzene ring substituents is 1. The van der Waals surface area contributed by atoms with Crippen molar-refractivity contribution in [3.8, 4) is 11.3 Å². The zero-order valence-electron chi connectivity index (χ0n) is 13.3. The molecule has 1 amide bonds. The molecule has 1 aromatic heterocycles. The van der Waals surface area contributed by atoms with Crippen LogP contribution in [0.25, 0.3) is 11.3 Å². The fourth-order valence-electron chi connectivity index (χ4n) is 2.41. The summed E-state index contributed by atoms with van der Waals surface area (Å²) in [5, 5.41) is 23.0. The molecule has 0 saturated heterocycles. The van der Waals surface area contributed by atoms with Crippen molar-refractivity contribution in [1.82, 2.24) is 0 Å². The van der Waals surface area contributed by atoms with Gasteiger partial charge in [0.1, 0.15) is 23.7 Å². The van der Waals surface area contributed by atoms with Crippen LogP contribution in [-0.4, -0.2) is 15.9 Å². The van der Waals surface area contributed by atoms with Crippen molar-refractivity contribution in [2.75, 3.05) is 5.32 Å². The van der Waals surface area contributed by atoms with Crippen LogP contribution in [-0.2, 0) is 6.61 Å². The molecule has 3 rings (SSSR count). The molecule has 26 heavy (non-hydrogen) atoms. The molecule has 0 radical (unpaired) electrons. The molecule has 0 aliphatic rings. The van der Waals surface area contributed by atoms with Gasteiger partial charge in [-0.05, 0) is 36.4 Å². The SMILES string of the molecule is O=C(Nc1cc(-c2ccc(CO)o2)ccc1Cl)c1ccccc1[N+](=O)[O-]. The quantitative estimate of drug-likeness (QED) is 0.514. The number of aliphatic hydroxyl groups excluding tert-OH is 1. The summed E-state index contributed by atoms with van der Waals surface area (Å²) < 4.78 is 5.46.